The van der Waals surface area contributed by atoms with E-state index in [2.05, 4.69) is 22.0 Å². The number of amides is 1. The molecule has 2 aliphatic heterocycles. The van der Waals surface area contributed by atoms with Gasteiger partial charge in [-0.15, -0.1) is 23.1 Å². The van der Waals surface area contributed by atoms with Gasteiger partial charge in [-0.1, -0.05) is 22.0 Å². The monoisotopic (exact) mass is 372 g/mol. The molecule has 2 fully saturated rings. The predicted molar refractivity (Wildman–Crippen MR) is 82.6 cm³/mol. The van der Waals surface area contributed by atoms with E-state index in [1.807, 2.05) is 31.4 Å². The van der Waals surface area contributed by atoms with Crippen molar-refractivity contribution in [3.63, 3.8) is 0 Å². The second-order valence-electron chi connectivity index (χ2n) is 5.50. The summed E-state index contributed by atoms with van der Waals surface area (Å²) in [6, 6.07) is 5.43. The van der Waals surface area contributed by atoms with Crippen LogP contribution in [0.4, 0.5) is 0 Å². The van der Waals surface area contributed by atoms with Crippen molar-refractivity contribution in [1.82, 2.24) is 4.90 Å². The maximum atomic E-state index is 12.5. The van der Waals surface area contributed by atoms with Gasteiger partial charge in [-0.25, -0.2) is 0 Å². The van der Waals surface area contributed by atoms with Gasteiger partial charge in [-0.05, 0) is 25.3 Å². The molecular weight excluding hydrogens is 360 g/mol. The minimum atomic E-state index is -1.02. The van der Waals surface area contributed by atoms with Gasteiger partial charge < -0.3 is 10.0 Å². The Balaban J connectivity index is 1.95. The molecule has 1 aromatic heterocycles. The zero-order valence-electron chi connectivity index (χ0n) is 10.9. The molecular formula is C13H13BrN2O2S2. The van der Waals surface area contributed by atoms with Gasteiger partial charge in [0.05, 0.1) is 6.07 Å². The normalized spacial score (nSPS) is 36.1. The molecule has 106 valence electrons. The lowest BCUT2D eigenvalue weighted by atomic mass is 9.87. The smallest absolute Gasteiger partial charge is 0.247 e. The maximum absolute atomic E-state index is 12.5. The van der Waals surface area contributed by atoms with E-state index in [9.17, 15) is 15.2 Å². The van der Waals surface area contributed by atoms with Crippen LogP contribution in [0.25, 0.3) is 0 Å². The Kier molecular flexibility index (Phi) is 3.22. The number of fused-ring (bicyclic) bond motifs is 1. The van der Waals surface area contributed by atoms with Crippen LogP contribution in [-0.4, -0.2) is 36.4 Å². The molecule has 1 N–H and O–H groups in total. The number of carbonyl (C=O) groups is 1. The second-order valence-corrected chi connectivity index (χ2v) is 9.53. The van der Waals surface area contributed by atoms with Crippen molar-refractivity contribution in [3.05, 3.63) is 22.4 Å². The van der Waals surface area contributed by atoms with Crippen molar-refractivity contribution >= 4 is 44.9 Å². The highest BCUT2D eigenvalue weighted by Gasteiger charge is 2.71. The Morgan fingerprint density at radius 3 is 2.85 bits per heavy atom. The minimum absolute atomic E-state index is 0.201. The third-order valence-electron chi connectivity index (χ3n) is 3.86. The van der Waals surface area contributed by atoms with Crippen molar-refractivity contribution in [2.24, 2.45) is 0 Å². The topological polar surface area (TPSA) is 64.3 Å². The Labute approximate surface area is 133 Å². The number of nitrogens with zero attached hydrogens (tertiary/aromatic N) is 2. The fraction of sp³-hybridized carbons (Fsp3) is 0.538. The zero-order chi connectivity index (χ0) is 14.7. The number of nitriles is 1. The molecule has 7 heteroatoms. The highest BCUT2D eigenvalue weighted by atomic mass is 79.9. The second kappa shape index (κ2) is 4.47. The summed E-state index contributed by atoms with van der Waals surface area (Å²) >= 11 is 6.46. The van der Waals surface area contributed by atoms with E-state index in [0.29, 0.717) is 0 Å². The maximum Gasteiger partial charge on any atom is 0.247 e. The summed E-state index contributed by atoms with van der Waals surface area (Å²) in [6.07, 6.45) is -0.892. The molecule has 3 rings (SSSR count). The number of hydrogen-bond donors (Lipinski definition) is 1. The van der Waals surface area contributed by atoms with Gasteiger partial charge in [0.1, 0.15) is 17.5 Å². The van der Waals surface area contributed by atoms with E-state index in [4.69, 9.17) is 0 Å². The standard InChI is InChI=1S/C13H13BrN2O2S2/c1-12(2)8(6-15)16-10(18)13(14,11(16)20-12)9(17)7-4-3-5-19-7/h3-5,8-9,11,17H,1-2H3. The summed E-state index contributed by atoms with van der Waals surface area (Å²) in [5.74, 6) is -0.201. The van der Waals surface area contributed by atoms with E-state index in [1.54, 1.807) is 16.7 Å². The lowest BCUT2D eigenvalue weighted by molar-refractivity contribution is -0.153. The van der Waals surface area contributed by atoms with Crippen LogP contribution in [-0.2, 0) is 4.79 Å². The van der Waals surface area contributed by atoms with Gasteiger partial charge in [0, 0.05) is 9.62 Å². The van der Waals surface area contributed by atoms with E-state index in [1.165, 1.54) is 11.3 Å². The SMILES string of the molecule is CC1(C)SC2N(C(=O)C2(Br)C(O)c2cccs2)C1C#N. The number of aliphatic hydroxyl groups excluding tert-OH is 1. The summed E-state index contributed by atoms with van der Waals surface area (Å²) in [6.45, 7) is 3.92. The number of thiophene rings is 1. The quantitative estimate of drug-likeness (QED) is 0.639. The largest absolute Gasteiger partial charge is 0.385 e. The first-order chi connectivity index (χ1) is 9.34. The van der Waals surface area contributed by atoms with Crippen molar-refractivity contribution in [2.75, 3.05) is 0 Å². The fourth-order valence-electron chi connectivity index (χ4n) is 2.75. The first-order valence-electron chi connectivity index (χ1n) is 6.14. The molecule has 4 nitrogen and oxygen atoms in total. The summed E-state index contributed by atoms with van der Waals surface area (Å²) in [5, 5.41) is 21.5. The lowest BCUT2D eigenvalue weighted by Gasteiger charge is -2.51. The highest BCUT2D eigenvalue weighted by molar-refractivity contribution is 9.10. The van der Waals surface area contributed by atoms with Crippen LogP contribution in [0.1, 0.15) is 24.8 Å². The van der Waals surface area contributed by atoms with Gasteiger partial charge in [-0.2, -0.15) is 5.26 Å². The Morgan fingerprint density at radius 2 is 2.30 bits per heavy atom. The molecule has 4 atom stereocenters. The van der Waals surface area contributed by atoms with Crippen LogP contribution < -0.4 is 0 Å². The minimum Gasteiger partial charge on any atom is -0.385 e. The number of carbonyl (C=O) groups excluding carboxylic acids is 1. The number of alkyl halides is 1. The summed E-state index contributed by atoms with van der Waals surface area (Å²) in [7, 11) is 0. The molecule has 0 saturated carbocycles. The van der Waals surface area contributed by atoms with Gasteiger partial charge in [0.25, 0.3) is 0 Å². The van der Waals surface area contributed by atoms with E-state index < -0.39 is 16.5 Å². The molecule has 3 heterocycles. The summed E-state index contributed by atoms with van der Waals surface area (Å²) in [4.78, 5) is 14.9. The van der Waals surface area contributed by atoms with E-state index in [0.717, 1.165) is 4.88 Å². The molecule has 20 heavy (non-hydrogen) atoms. The average Bonchev–Trinajstić information content (AvgIpc) is 3.01. The van der Waals surface area contributed by atoms with Crippen LogP contribution in [0.15, 0.2) is 17.5 Å². The summed E-state index contributed by atoms with van der Waals surface area (Å²) in [5.41, 5.74) is 0. The lowest BCUT2D eigenvalue weighted by Crippen LogP contribution is -2.71. The van der Waals surface area contributed by atoms with Gasteiger partial charge >= 0.3 is 0 Å². The molecule has 0 aliphatic carbocycles. The molecule has 0 aromatic carbocycles. The molecule has 4 unspecified atom stereocenters. The number of β-lactam (4-membered cyclic amide) rings is 1. The van der Waals surface area contributed by atoms with Crippen molar-refractivity contribution < 1.29 is 9.90 Å². The third kappa shape index (κ3) is 1.65. The van der Waals surface area contributed by atoms with Crippen LogP contribution >= 0.6 is 39.0 Å². The Hall–Kier alpha value is -0.550. The van der Waals surface area contributed by atoms with Crippen LogP contribution in [0.3, 0.4) is 0 Å². The van der Waals surface area contributed by atoms with Gasteiger partial charge in [0.15, 0.2) is 4.32 Å². The average molecular weight is 373 g/mol. The van der Waals surface area contributed by atoms with Crippen LogP contribution in [0, 0.1) is 11.3 Å². The molecule has 0 radical (unpaired) electrons. The van der Waals surface area contributed by atoms with E-state index >= 15 is 0 Å². The van der Waals surface area contributed by atoms with Crippen LogP contribution in [0.5, 0.6) is 0 Å². The Bertz CT molecular complexity index is 598. The van der Waals surface area contributed by atoms with Gasteiger partial charge in [-0.3, -0.25) is 4.79 Å². The molecule has 0 bridgehead atoms. The zero-order valence-corrected chi connectivity index (χ0v) is 14.1. The first-order valence-corrected chi connectivity index (χ1v) is 8.70. The van der Waals surface area contributed by atoms with Crippen molar-refractivity contribution in [2.45, 2.75) is 40.4 Å². The molecule has 1 amide bonds. The number of rotatable bonds is 2. The van der Waals surface area contributed by atoms with Gasteiger partial charge in [0.2, 0.25) is 5.91 Å². The fourth-order valence-corrected chi connectivity index (χ4v) is 6.24. The predicted octanol–water partition coefficient (Wildman–Crippen LogP) is 2.50. The van der Waals surface area contributed by atoms with E-state index in [-0.39, 0.29) is 16.0 Å². The van der Waals surface area contributed by atoms with Crippen LogP contribution in [0.2, 0.25) is 0 Å². The first kappa shape index (κ1) is 14.4. The number of thioether (sulfide) groups is 1. The van der Waals surface area contributed by atoms with Crippen molar-refractivity contribution in [3.8, 4) is 6.07 Å². The number of aliphatic hydroxyl groups is 1. The molecule has 1 aromatic rings. The Morgan fingerprint density at radius 1 is 1.60 bits per heavy atom. The molecule has 0 spiro atoms. The number of hydrogen-bond acceptors (Lipinski definition) is 5. The number of halogens is 1. The molecule has 2 aliphatic rings. The van der Waals surface area contributed by atoms with Crippen molar-refractivity contribution in [1.29, 1.82) is 5.26 Å². The highest BCUT2D eigenvalue weighted by Crippen LogP contribution is 2.61. The molecule has 2 saturated heterocycles. The third-order valence-corrected chi connectivity index (χ3v) is 7.95. The summed E-state index contributed by atoms with van der Waals surface area (Å²) < 4.78 is -1.36.